The van der Waals surface area contributed by atoms with Gasteiger partial charge in [0.1, 0.15) is 13.2 Å². The minimum absolute atomic E-state index is 0. The highest BCUT2D eigenvalue weighted by atomic mass is 35.5. The minimum Gasteiger partial charge on any atom is -1.00 e. The van der Waals surface area contributed by atoms with Crippen LogP contribution >= 0.6 is 0 Å². The summed E-state index contributed by atoms with van der Waals surface area (Å²) in [5, 5.41) is 0. The number of hydroxylamine groups is 3. The fourth-order valence-corrected chi connectivity index (χ4v) is 3.93. The maximum absolute atomic E-state index is 6.08. The lowest BCUT2D eigenvalue weighted by atomic mass is 10.0. The lowest BCUT2D eigenvalue weighted by Crippen LogP contribution is -3.00. The van der Waals surface area contributed by atoms with E-state index in [0.29, 0.717) is 11.3 Å². The van der Waals surface area contributed by atoms with Crippen molar-refractivity contribution in [2.45, 2.75) is 116 Å². The molecule has 1 rings (SSSR count). The van der Waals surface area contributed by atoms with Gasteiger partial charge < -0.3 is 12.4 Å². The molecule has 2 nitrogen and oxygen atoms in total. The smallest absolute Gasteiger partial charge is 0.131 e. The number of halogens is 1. The average Bonchev–Trinajstić information content (AvgIpc) is 2.73. The van der Waals surface area contributed by atoms with Gasteiger partial charge in [-0.2, -0.15) is 9.48 Å². The third kappa shape index (κ3) is 18.2. The molecule has 176 valence electrons. The molecule has 0 spiro atoms. The fraction of sp³-hybridized carbons (Fsp3) is 0.778. The zero-order chi connectivity index (χ0) is 21.0. The Bertz CT molecular complexity index is 463. The fourth-order valence-electron chi connectivity index (χ4n) is 3.93. The maximum atomic E-state index is 6.08. The summed E-state index contributed by atoms with van der Waals surface area (Å²) in [4.78, 5) is 6.08. The second-order valence-corrected chi connectivity index (χ2v) is 9.36. The molecule has 0 saturated heterocycles. The van der Waals surface area contributed by atoms with Gasteiger partial charge in [-0.1, -0.05) is 127 Å². The number of quaternary nitrogens is 1. The quantitative estimate of drug-likeness (QED) is 0.149. The molecule has 0 radical (unpaired) electrons. The summed E-state index contributed by atoms with van der Waals surface area (Å²) in [7, 11) is 4.35. The van der Waals surface area contributed by atoms with E-state index in [-0.39, 0.29) is 12.4 Å². The highest BCUT2D eigenvalue weighted by Crippen LogP contribution is 2.14. The summed E-state index contributed by atoms with van der Waals surface area (Å²) >= 11 is 0. The van der Waals surface area contributed by atoms with Crippen LogP contribution in [0.15, 0.2) is 30.3 Å². The second kappa shape index (κ2) is 20.3. The molecule has 0 aliphatic carbocycles. The molecule has 0 aliphatic heterocycles. The van der Waals surface area contributed by atoms with E-state index in [9.17, 15) is 0 Å². The van der Waals surface area contributed by atoms with Gasteiger partial charge >= 0.3 is 0 Å². The highest BCUT2D eigenvalue weighted by molar-refractivity contribution is 5.13. The van der Waals surface area contributed by atoms with E-state index in [1.165, 1.54) is 108 Å². The first-order chi connectivity index (χ1) is 14.1. The first-order valence-corrected chi connectivity index (χ1v) is 12.7. The number of rotatable bonds is 20. The summed E-state index contributed by atoms with van der Waals surface area (Å²) < 4.78 is 0.660. The predicted octanol–water partition coefficient (Wildman–Crippen LogP) is 5.46. The Kier molecular flexibility index (Phi) is 20.0. The van der Waals surface area contributed by atoms with E-state index < -0.39 is 0 Å². The van der Waals surface area contributed by atoms with E-state index in [0.717, 1.165) is 6.54 Å². The lowest BCUT2D eigenvalue weighted by molar-refractivity contribution is -1.08. The van der Waals surface area contributed by atoms with E-state index in [1.807, 2.05) is 0 Å². The van der Waals surface area contributed by atoms with Crippen molar-refractivity contribution in [3.05, 3.63) is 35.9 Å². The van der Waals surface area contributed by atoms with Crippen LogP contribution in [0, 0.1) is 0 Å². The van der Waals surface area contributed by atoms with Crippen molar-refractivity contribution in [1.82, 2.24) is 0 Å². The van der Waals surface area contributed by atoms with Crippen molar-refractivity contribution in [3.8, 4) is 0 Å². The molecule has 0 heterocycles. The first kappa shape index (κ1) is 29.4. The van der Waals surface area contributed by atoms with Gasteiger partial charge in [0.2, 0.25) is 0 Å². The number of hydrogen-bond donors (Lipinski definition) is 0. The minimum atomic E-state index is 0. The van der Waals surface area contributed by atoms with Crippen LogP contribution < -0.4 is 12.4 Å². The Hall–Kier alpha value is -0.570. The molecule has 0 saturated carbocycles. The van der Waals surface area contributed by atoms with E-state index >= 15 is 0 Å². The molecule has 0 N–H and O–H groups in total. The average molecular weight is 440 g/mol. The topological polar surface area (TPSA) is 9.23 Å². The molecule has 0 bridgehead atoms. The summed E-state index contributed by atoms with van der Waals surface area (Å²) in [6.45, 7) is 4.10. The standard InChI is InChI=1S/C27H50NO.ClH/c1-4-5-6-7-8-9-10-11-12-13-14-15-16-17-18-22-25-28(2,3)29-26-27-23-20-19-21-24-27;/h19-21,23-24H,4-18,22,25-26H2,1-3H3;1H/q+1;/p-1. The van der Waals surface area contributed by atoms with Crippen LogP contribution in [0.1, 0.15) is 115 Å². The molecule has 1 aromatic rings. The van der Waals surface area contributed by atoms with Crippen molar-refractivity contribution in [2.24, 2.45) is 0 Å². The van der Waals surface area contributed by atoms with Gasteiger partial charge in [0.15, 0.2) is 0 Å². The van der Waals surface area contributed by atoms with Crippen molar-refractivity contribution in [2.75, 3.05) is 20.6 Å². The summed E-state index contributed by atoms with van der Waals surface area (Å²) in [6.07, 6.45) is 22.7. The monoisotopic (exact) mass is 439 g/mol. The van der Waals surface area contributed by atoms with Crippen molar-refractivity contribution < 1.29 is 21.9 Å². The normalized spacial score (nSPS) is 11.4. The van der Waals surface area contributed by atoms with Gasteiger partial charge in [-0.3, -0.25) is 0 Å². The zero-order valence-electron chi connectivity index (χ0n) is 20.3. The van der Waals surface area contributed by atoms with E-state index in [2.05, 4.69) is 51.4 Å². The van der Waals surface area contributed by atoms with Crippen LogP contribution in [0.25, 0.3) is 0 Å². The Labute approximate surface area is 194 Å². The number of hydrogen-bond acceptors (Lipinski definition) is 1. The molecule has 3 heteroatoms. The molecule has 0 aliphatic rings. The van der Waals surface area contributed by atoms with Crippen molar-refractivity contribution in [1.29, 1.82) is 0 Å². The van der Waals surface area contributed by atoms with Gasteiger partial charge in [-0.15, -0.1) is 0 Å². The third-order valence-electron chi connectivity index (χ3n) is 5.97. The second-order valence-electron chi connectivity index (χ2n) is 9.36. The Balaban J connectivity index is 0.00000841. The molecule has 0 aromatic heterocycles. The lowest BCUT2D eigenvalue weighted by Gasteiger charge is -2.27. The maximum Gasteiger partial charge on any atom is 0.131 e. The Morgan fingerprint density at radius 3 is 1.43 bits per heavy atom. The van der Waals surface area contributed by atoms with E-state index in [1.54, 1.807) is 0 Å². The number of nitrogens with zero attached hydrogens (tertiary/aromatic N) is 1. The largest absolute Gasteiger partial charge is 1.00 e. The zero-order valence-corrected chi connectivity index (χ0v) is 21.1. The van der Waals surface area contributed by atoms with Gasteiger partial charge in [-0.25, -0.2) is 0 Å². The molecular weight excluding hydrogens is 390 g/mol. The highest BCUT2D eigenvalue weighted by Gasteiger charge is 2.16. The Morgan fingerprint density at radius 2 is 1.00 bits per heavy atom. The summed E-state index contributed by atoms with van der Waals surface area (Å²) in [5.41, 5.74) is 1.26. The van der Waals surface area contributed by atoms with Crippen LogP contribution in [0.3, 0.4) is 0 Å². The molecular formula is C27H50ClNO. The molecule has 0 fully saturated rings. The van der Waals surface area contributed by atoms with Gasteiger partial charge in [0, 0.05) is 0 Å². The Morgan fingerprint density at radius 1 is 0.600 bits per heavy atom. The van der Waals surface area contributed by atoms with Crippen LogP contribution in [-0.4, -0.2) is 25.3 Å². The molecule has 0 amide bonds. The van der Waals surface area contributed by atoms with E-state index in [4.69, 9.17) is 4.84 Å². The number of benzene rings is 1. The molecule has 30 heavy (non-hydrogen) atoms. The van der Waals surface area contributed by atoms with Crippen LogP contribution in [-0.2, 0) is 11.4 Å². The van der Waals surface area contributed by atoms with Crippen LogP contribution in [0.4, 0.5) is 0 Å². The van der Waals surface area contributed by atoms with Crippen LogP contribution in [0.2, 0.25) is 0 Å². The van der Waals surface area contributed by atoms with Gasteiger partial charge in [-0.05, 0) is 18.4 Å². The SMILES string of the molecule is CCCCCCCCCCCCCCCCCC[N+](C)(C)OCc1ccccc1.[Cl-]. The molecule has 1 aromatic carbocycles. The van der Waals surface area contributed by atoms with Crippen molar-refractivity contribution in [3.63, 3.8) is 0 Å². The summed E-state index contributed by atoms with van der Waals surface area (Å²) in [5.74, 6) is 0. The van der Waals surface area contributed by atoms with Crippen molar-refractivity contribution >= 4 is 0 Å². The third-order valence-corrected chi connectivity index (χ3v) is 5.97. The molecule has 0 unspecified atom stereocenters. The predicted molar refractivity (Wildman–Crippen MR) is 128 cm³/mol. The molecule has 0 atom stereocenters. The van der Waals surface area contributed by atoms with Gasteiger partial charge in [0.25, 0.3) is 0 Å². The van der Waals surface area contributed by atoms with Gasteiger partial charge in [0.05, 0.1) is 14.1 Å². The first-order valence-electron chi connectivity index (χ1n) is 12.7. The summed E-state index contributed by atoms with van der Waals surface area (Å²) in [6, 6.07) is 10.5. The number of unbranched alkanes of at least 4 members (excludes halogenated alkanes) is 15. The van der Waals surface area contributed by atoms with Crippen LogP contribution in [0.5, 0.6) is 0 Å².